The van der Waals surface area contributed by atoms with Gasteiger partial charge in [0.25, 0.3) is 11.4 Å². The number of carbonyl (C=O) groups excluding carboxylic acids is 1. The van der Waals surface area contributed by atoms with E-state index in [1.807, 2.05) is 34.6 Å². The Morgan fingerprint density at radius 3 is 2.74 bits per heavy atom. The van der Waals surface area contributed by atoms with Crippen molar-refractivity contribution in [3.8, 4) is 0 Å². The first-order valence-corrected chi connectivity index (χ1v) is 9.42. The zero-order valence-electron chi connectivity index (χ0n) is 16.0. The summed E-state index contributed by atoms with van der Waals surface area (Å²) in [7, 11) is 0. The van der Waals surface area contributed by atoms with Crippen LogP contribution in [-0.2, 0) is 28.1 Å². The average molecular weight is 390 g/mol. The summed E-state index contributed by atoms with van der Waals surface area (Å²) in [5.74, 6) is 0.356. The van der Waals surface area contributed by atoms with Crippen molar-refractivity contribution in [1.82, 2.24) is 19.7 Å². The molecule has 0 spiro atoms. The molecule has 0 aliphatic heterocycles. The molecule has 0 bridgehead atoms. The lowest BCUT2D eigenvalue weighted by molar-refractivity contribution is -0.146. The molecule has 3 aromatic rings. The minimum absolute atomic E-state index is 0.0511. The van der Waals surface area contributed by atoms with Crippen molar-refractivity contribution in [3.05, 3.63) is 38.8 Å². The molecule has 0 unspecified atom stereocenters. The molecule has 3 aromatic heterocycles. The van der Waals surface area contributed by atoms with Crippen LogP contribution in [0.5, 0.6) is 0 Å². The van der Waals surface area contributed by atoms with E-state index in [0.717, 1.165) is 15.3 Å². The highest BCUT2D eigenvalue weighted by atomic mass is 32.1. The highest BCUT2D eigenvalue weighted by molar-refractivity contribution is 7.18. The fourth-order valence-electron chi connectivity index (χ4n) is 2.47. The van der Waals surface area contributed by atoms with Gasteiger partial charge in [0.2, 0.25) is 0 Å². The highest BCUT2D eigenvalue weighted by Crippen LogP contribution is 2.25. The quantitative estimate of drug-likeness (QED) is 0.618. The van der Waals surface area contributed by atoms with Crippen LogP contribution in [0.25, 0.3) is 10.2 Å². The number of ether oxygens (including phenoxy) is 1. The Morgan fingerprint density at radius 1 is 1.33 bits per heavy atom. The maximum atomic E-state index is 12.6. The number of carbonyl (C=O) groups is 1. The molecule has 0 saturated heterocycles. The summed E-state index contributed by atoms with van der Waals surface area (Å²) in [6, 6.07) is 0. The highest BCUT2D eigenvalue weighted by Gasteiger charge is 2.21. The molecule has 0 saturated carbocycles. The molecule has 0 N–H and O–H groups in total. The van der Waals surface area contributed by atoms with E-state index >= 15 is 0 Å². The number of nitrogens with zero attached hydrogens (tertiary/aromatic N) is 4. The van der Waals surface area contributed by atoms with Gasteiger partial charge in [-0.2, -0.15) is 4.98 Å². The van der Waals surface area contributed by atoms with Gasteiger partial charge in [-0.3, -0.25) is 14.2 Å². The van der Waals surface area contributed by atoms with Crippen LogP contribution < -0.4 is 5.56 Å². The van der Waals surface area contributed by atoms with Crippen LogP contribution in [0, 0.1) is 13.8 Å². The summed E-state index contributed by atoms with van der Waals surface area (Å²) >= 11 is 1.50. The van der Waals surface area contributed by atoms with E-state index in [2.05, 4.69) is 15.1 Å². The van der Waals surface area contributed by atoms with Crippen molar-refractivity contribution < 1.29 is 14.1 Å². The van der Waals surface area contributed by atoms with Crippen molar-refractivity contribution >= 4 is 27.5 Å². The van der Waals surface area contributed by atoms with Gasteiger partial charge < -0.3 is 9.26 Å². The number of hydrogen-bond acceptors (Lipinski definition) is 8. The number of aromatic nitrogens is 4. The third-order valence-corrected chi connectivity index (χ3v) is 5.32. The lowest BCUT2D eigenvalue weighted by atomic mass is 9.96. The second-order valence-corrected chi connectivity index (χ2v) is 8.58. The molecule has 0 aliphatic rings. The van der Waals surface area contributed by atoms with Crippen molar-refractivity contribution in [1.29, 1.82) is 0 Å². The second kappa shape index (κ2) is 7.22. The molecule has 0 atom stereocenters. The fourth-order valence-corrected chi connectivity index (χ4v) is 3.46. The van der Waals surface area contributed by atoms with Crippen molar-refractivity contribution in [2.24, 2.45) is 0 Å². The average Bonchev–Trinajstić information content (AvgIpc) is 3.18. The maximum absolute atomic E-state index is 12.6. The Bertz CT molecular complexity index is 1040. The Hall–Kier alpha value is -2.55. The fraction of sp³-hybridized carbons (Fsp3) is 0.500. The minimum atomic E-state index is -0.448. The molecule has 9 heteroatoms. The lowest BCUT2D eigenvalue weighted by Gasteiger charge is -2.10. The van der Waals surface area contributed by atoms with E-state index in [4.69, 9.17) is 9.26 Å². The molecule has 3 rings (SSSR count). The molecular formula is C18H22N4O4S. The first kappa shape index (κ1) is 19.2. The Labute approximate surface area is 160 Å². The van der Waals surface area contributed by atoms with E-state index in [-0.39, 0.29) is 36.4 Å². The van der Waals surface area contributed by atoms with Crippen molar-refractivity contribution in [2.75, 3.05) is 0 Å². The standard InChI is InChI=1S/C18H22N4O4S/c1-10-11(2)27-15-14(10)16(24)22(9-19-15)7-6-13(23)25-8-12-20-17(21-26-12)18(3,4)5/h9H,6-8H2,1-5H3. The van der Waals surface area contributed by atoms with Crippen LogP contribution in [0.1, 0.15) is 49.3 Å². The van der Waals surface area contributed by atoms with Gasteiger partial charge in [0.15, 0.2) is 12.4 Å². The van der Waals surface area contributed by atoms with Gasteiger partial charge in [-0.1, -0.05) is 25.9 Å². The van der Waals surface area contributed by atoms with Crippen LogP contribution in [0.2, 0.25) is 0 Å². The zero-order valence-corrected chi connectivity index (χ0v) is 16.8. The molecule has 144 valence electrons. The molecule has 8 nitrogen and oxygen atoms in total. The number of rotatable bonds is 5. The zero-order chi connectivity index (χ0) is 19.8. The molecule has 3 heterocycles. The number of fused-ring (bicyclic) bond motifs is 1. The van der Waals surface area contributed by atoms with Gasteiger partial charge in [-0.05, 0) is 19.4 Å². The van der Waals surface area contributed by atoms with E-state index < -0.39 is 5.97 Å². The Balaban J connectivity index is 1.60. The second-order valence-electron chi connectivity index (χ2n) is 7.38. The molecule has 27 heavy (non-hydrogen) atoms. The molecule has 0 radical (unpaired) electrons. The van der Waals surface area contributed by atoms with Crippen LogP contribution in [0.3, 0.4) is 0 Å². The number of thiophene rings is 1. The SMILES string of the molecule is Cc1sc2ncn(CCC(=O)OCc3nc(C(C)(C)C)no3)c(=O)c2c1C. The first-order valence-electron chi connectivity index (χ1n) is 8.60. The summed E-state index contributed by atoms with van der Waals surface area (Å²) in [6.07, 6.45) is 1.52. The summed E-state index contributed by atoms with van der Waals surface area (Å²) in [6.45, 7) is 9.88. The largest absolute Gasteiger partial charge is 0.456 e. The van der Waals surface area contributed by atoms with E-state index in [0.29, 0.717) is 11.2 Å². The molecular weight excluding hydrogens is 368 g/mol. The predicted octanol–water partition coefficient (Wildman–Crippen LogP) is 2.89. The predicted molar refractivity (Wildman–Crippen MR) is 101 cm³/mol. The minimum Gasteiger partial charge on any atom is -0.456 e. The monoisotopic (exact) mass is 390 g/mol. The number of aryl methyl sites for hydroxylation is 3. The molecule has 0 aromatic carbocycles. The van der Waals surface area contributed by atoms with E-state index in [1.54, 1.807) is 0 Å². The van der Waals surface area contributed by atoms with Crippen LogP contribution in [0.15, 0.2) is 15.6 Å². The molecule has 0 aliphatic carbocycles. The summed E-state index contributed by atoms with van der Waals surface area (Å²) < 4.78 is 11.7. The van der Waals surface area contributed by atoms with Crippen LogP contribution in [-0.4, -0.2) is 25.7 Å². The smallest absolute Gasteiger partial charge is 0.308 e. The third-order valence-electron chi connectivity index (χ3n) is 4.21. The summed E-state index contributed by atoms with van der Waals surface area (Å²) in [4.78, 5) is 34.9. The van der Waals surface area contributed by atoms with Gasteiger partial charge in [-0.25, -0.2) is 4.98 Å². The normalized spacial score (nSPS) is 11.9. The van der Waals surface area contributed by atoms with Gasteiger partial charge in [0.1, 0.15) is 4.83 Å². The van der Waals surface area contributed by atoms with Crippen LogP contribution >= 0.6 is 11.3 Å². The van der Waals surface area contributed by atoms with Gasteiger partial charge in [0.05, 0.1) is 18.1 Å². The number of hydrogen-bond donors (Lipinski definition) is 0. The summed E-state index contributed by atoms with van der Waals surface area (Å²) in [5, 5.41) is 4.50. The third kappa shape index (κ3) is 4.08. The maximum Gasteiger partial charge on any atom is 0.308 e. The summed E-state index contributed by atoms with van der Waals surface area (Å²) in [5.41, 5.74) is 0.563. The Kier molecular flexibility index (Phi) is 5.14. The topological polar surface area (TPSA) is 100 Å². The number of esters is 1. The van der Waals surface area contributed by atoms with Gasteiger partial charge in [0, 0.05) is 16.8 Å². The van der Waals surface area contributed by atoms with E-state index in [9.17, 15) is 9.59 Å². The lowest BCUT2D eigenvalue weighted by Crippen LogP contribution is -2.22. The van der Waals surface area contributed by atoms with E-state index in [1.165, 1.54) is 22.2 Å². The first-order chi connectivity index (χ1) is 12.7. The van der Waals surface area contributed by atoms with Crippen molar-refractivity contribution in [2.45, 2.75) is 59.6 Å². The molecule has 0 amide bonds. The van der Waals surface area contributed by atoms with Gasteiger partial charge >= 0.3 is 5.97 Å². The van der Waals surface area contributed by atoms with Gasteiger partial charge in [-0.15, -0.1) is 11.3 Å². The molecule has 0 fully saturated rings. The van der Waals surface area contributed by atoms with Crippen molar-refractivity contribution in [3.63, 3.8) is 0 Å². The van der Waals surface area contributed by atoms with Crippen LogP contribution in [0.4, 0.5) is 0 Å². The Morgan fingerprint density at radius 2 is 2.07 bits per heavy atom.